The Morgan fingerprint density at radius 2 is 1.77 bits per heavy atom. The number of thioether (sulfide) groups is 1. The summed E-state index contributed by atoms with van der Waals surface area (Å²) in [5, 5.41) is 6.98. The van der Waals surface area contributed by atoms with E-state index >= 15 is 0 Å². The lowest BCUT2D eigenvalue weighted by Gasteiger charge is -2.31. The van der Waals surface area contributed by atoms with Crippen LogP contribution in [0, 0.1) is 0 Å². The van der Waals surface area contributed by atoms with Crippen molar-refractivity contribution in [1.29, 1.82) is 0 Å². The van der Waals surface area contributed by atoms with E-state index in [0.717, 1.165) is 41.1 Å². The molecule has 0 radical (unpaired) electrons. The molecule has 150 valence electrons. The van der Waals surface area contributed by atoms with Gasteiger partial charge in [0.15, 0.2) is 0 Å². The molecule has 0 unspecified atom stereocenters. The molecule has 3 N–H and O–H groups in total. The highest BCUT2D eigenvalue weighted by molar-refractivity contribution is 7.99. The molecule has 0 spiro atoms. The zero-order valence-corrected chi connectivity index (χ0v) is 17.2. The van der Waals surface area contributed by atoms with E-state index in [-0.39, 0.29) is 6.03 Å². The van der Waals surface area contributed by atoms with Crippen LogP contribution < -0.4 is 15.5 Å². The highest BCUT2D eigenvalue weighted by Gasteiger charge is 2.18. The van der Waals surface area contributed by atoms with E-state index in [1.807, 2.05) is 54.4 Å². The standard InChI is InChI=1S/C24H22N4OS/c29-24(26-19-7-6-18-10-11-25-21(18)14-19)27-20-8-9-22-23(15-20)30-13-12-28(22)16-17-4-2-1-3-5-17/h1-11,14-15,25H,12-13,16H2,(H2,26,27,29). The van der Waals surface area contributed by atoms with Gasteiger partial charge in [-0.15, -0.1) is 11.8 Å². The van der Waals surface area contributed by atoms with E-state index in [2.05, 4.69) is 56.9 Å². The van der Waals surface area contributed by atoms with Gasteiger partial charge in [0.25, 0.3) is 0 Å². The Morgan fingerprint density at radius 3 is 2.63 bits per heavy atom. The van der Waals surface area contributed by atoms with E-state index in [4.69, 9.17) is 0 Å². The number of H-pyrrole nitrogens is 1. The Labute approximate surface area is 179 Å². The number of aromatic nitrogens is 1. The van der Waals surface area contributed by atoms with Gasteiger partial charge in [-0.3, -0.25) is 0 Å². The highest BCUT2D eigenvalue weighted by Crippen LogP contribution is 2.37. The molecule has 3 aromatic carbocycles. The van der Waals surface area contributed by atoms with Crippen molar-refractivity contribution in [2.75, 3.05) is 27.8 Å². The van der Waals surface area contributed by atoms with Crippen molar-refractivity contribution in [3.05, 3.63) is 84.6 Å². The number of hydrogen-bond acceptors (Lipinski definition) is 3. The highest BCUT2D eigenvalue weighted by atomic mass is 32.2. The van der Waals surface area contributed by atoms with Gasteiger partial charge in [0.1, 0.15) is 0 Å². The molecule has 2 amide bonds. The third-order valence-corrected chi connectivity index (χ3v) is 6.23. The van der Waals surface area contributed by atoms with E-state index in [9.17, 15) is 4.79 Å². The Kier molecular flexibility index (Phi) is 5.07. The molecule has 0 fully saturated rings. The molecule has 0 saturated carbocycles. The number of aromatic amines is 1. The van der Waals surface area contributed by atoms with Crippen LogP contribution in [-0.4, -0.2) is 23.3 Å². The van der Waals surface area contributed by atoms with Crippen molar-refractivity contribution in [3.8, 4) is 0 Å². The molecule has 4 aromatic rings. The lowest BCUT2D eigenvalue weighted by atomic mass is 10.2. The van der Waals surface area contributed by atoms with Crippen LogP contribution >= 0.6 is 11.8 Å². The van der Waals surface area contributed by atoms with Gasteiger partial charge in [0, 0.05) is 46.8 Å². The first-order valence-corrected chi connectivity index (χ1v) is 10.9. The summed E-state index contributed by atoms with van der Waals surface area (Å²) in [7, 11) is 0. The van der Waals surface area contributed by atoms with Crippen molar-refractivity contribution in [3.63, 3.8) is 0 Å². The second-order valence-electron chi connectivity index (χ2n) is 7.30. The first-order chi connectivity index (χ1) is 14.7. The summed E-state index contributed by atoms with van der Waals surface area (Å²) in [4.78, 5) is 19.2. The van der Waals surface area contributed by atoms with Crippen LogP contribution in [-0.2, 0) is 6.54 Å². The predicted molar refractivity (Wildman–Crippen MR) is 126 cm³/mol. The molecule has 0 saturated heterocycles. The SMILES string of the molecule is O=C(Nc1ccc2c(c1)SCCN2Cc1ccccc1)Nc1ccc2cc[nH]c2c1. The normalized spacial score (nSPS) is 13.1. The van der Waals surface area contributed by atoms with Crippen LogP contribution in [0.5, 0.6) is 0 Å². The summed E-state index contributed by atoms with van der Waals surface area (Å²) in [5.41, 5.74) is 5.07. The quantitative estimate of drug-likeness (QED) is 0.388. The molecule has 5 rings (SSSR count). The first kappa shape index (κ1) is 18.6. The van der Waals surface area contributed by atoms with Crippen LogP contribution in [0.3, 0.4) is 0 Å². The number of benzene rings is 3. The van der Waals surface area contributed by atoms with E-state index in [1.54, 1.807) is 0 Å². The molecular formula is C24H22N4OS. The van der Waals surface area contributed by atoms with Gasteiger partial charge < -0.3 is 20.5 Å². The summed E-state index contributed by atoms with van der Waals surface area (Å²) in [6, 6.07) is 24.2. The number of rotatable bonds is 4. The van der Waals surface area contributed by atoms with Gasteiger partial charge in [-0.05, 0) is 47.3 Å². The minimum Gasteiger partial charge on any atom is -0.365 e. The van der Waals surface area contributed by atoms with Gasteiger partial charge in [-0.2, -0.15) is 0 Å². The summed E-state index contributed by atoms with van der Waals surface area (Å²) in [5.74, 6) is 1.03. The maximum Gasteiger partial charge on any atom is 0.323 e. The first-order valence-electron chi connectivity index (χ1n) is 9.95. The topological polar surface area (TPSA) is 60.2 Å². The summed E-state index contributed by atoms with van der Waals surface area (Å²) >= 11 is 1.83. The summed E-state index contributed by atoms with van der Waals surface area (Å²) < 4.78 is 0. The second kappa shape index (κ2) is 8.16. The van der Waals surface area contributed by atoms with Crippen LogP contribution in [0.25, 0.3) is 10.9 Å². The average molecular weight is 415 g/mol. The maximum atomic E-state index is 12.5. The Hall–Kier alpha value is -3.38. The molecular weight excluding hydrogens is 392 g/mol. The Morgan fingerprint density at radius 1 is 0.967 bits per heavy atom. The van der Waals surface area contributed by atoms with Crippen LogP contribution in [0.4, 0.5) is 21.9 Å². The summed E-state index contributed by atoms with van der Waals surface area (Å²) in [6.45, 7) is 1.91. The lowest BCUT2D eigenvalue weighted by Crippen LogP contribution is -2.28. The fourth-order valence-electron chi connectivity index (χ4n) is 3.74. The number of hydrogen-bond donors (Lipinski definition) is 3. The number of anilines is 3. The molecule has 1 aliphatic rings. The van der Waals surface area contributed by atoms with Crippen molar-refractivity contribution < 1.29 is 4.79 Å². The van der Waals surface area contributed by atoms with Crippen LogP contribution in [0.15, 0.2) is 83.9 Å². The molecule has 6 heteroatoms. The number of amides is 2. The molecule has 30 heavy (non-hydrogen) atoms. The third-order valence-electron chi connectivity index (χ3n) is 5.21. The second-order valence-corrected chi connectivity index (χ2v) is 8.43. The number of fused-ring (bicyclic) bond motifs is 2. The number of urea groups is 1. The molecule has 0 aliphatic carbocycles. The van der Waals surface area contributed by atoms with Crippen LogP contribution in [0.1, 0.15) is 5.56 Å². The zero-order valence-electron chi connectivity index (χ0n) is 16.4. The molecule has 2 heterocycles. The van der Waals surface area contributed by atoms with Gasteiger partial charge in [-0.1, -0.05) is 36.4 Å². The third kappa shape index (κ3) is 4.00. The summed E-state index contributed by atoms with van der Waals surface area (Å²) in [6.07, 6.45) is 1.89. The number of nitrogens with zero attached hydrogens (tertiary/aromatic N) is 1. The maximum absolute atomic E-state index is 12.5. The van der Waals surface area contributed by atoms with Gasteiger partial charge in [0.2, 0.25) is 0 Å². The molecule has 1 aliphatic heterocycles. The fourth-order valence-corrected chi connectivity index (χ4v) is 4.83. The Balaban J connectivity index is 1.28. The van der Waals surface area contributed by atoms with Gasteiger partial charge in [-0.25, -0.2) is 4.79 Å². The fraction of sp³-hybridized carbons (Fsp3) is 0.125. The minimum absolute atomic E-state index is 0.247. The number of carbonyl (C=O) groups excluding carboxylic acids is 1. The molecule has 1 aromatic heterocycles. The van der Waals surface area contributed by atoms with E-state index in [0.29, 0.717) is 0 Å². The van der Waals surface area contributed by atoms with Crippen molar-refractivity contribution in [2.45, 2.75) is 11.4 Å². The van der Waals surface area contributed by atoms with Crippen LogP contribution in [0.2, 0.25) is 0 Å². The molecule has 0 atom stereocenters. The van der Waals surface area contributed by atoms with E-state index in [1.165, 1.54) is 16.1 Å². The number of carbonyl (C=O) groups is 1. The van der Waals surface area contributed by atoms with Gasteiger partial charge in [0.05, 0.1) is 5.69 Å². The predicted octanol–water partition coefficient (Wildman–Crippen LogP) is 5.92. The van der Waals surface area contributed by atoms with Crippen molar-refractivity contribution in [2.24, 2.45) is 0 Å². The average Bonchev–Trinajstić information content (AvgIpc) is 3.22. The molecule has 0 bridgehead atoms. The lowest BCUT2D eigenvalue weighted by molar-refractivity contribution is 0.262. The van der Waals surface area contributed by atoms with Crippen molar-refractivity contribution >= 4 is 45.8 Å². The van der Waals surface area contributed by atoms with Gasteiger partial charge >= 0.3 is 6.03 Å². The minimum atomic E-state index is -0.247. The number of nitrogens with one attached hydrogen (secondary N) is 3. The Bertz CT molecular complexity index is 1190. The van der Waals surface area contributed by atoms with Crippen molar-refractivity contribution in [1.82, 2.24) is 4.98 Å². The van der Waals surface area contributed by atoms with E-state index < -0.39 is 0 Å². The monoisotopic (exact) mass is 414 g/mol. The molecule has 5 nitrogen and oxygen atoms in total. The largest absolute Gasteiger partial charge is 0.365 e. The zero-order chi connectivity index (χ0) is 20.3. The smallest absolute Gasteiger partial charge is 0.323 e.